The van der Waals surface area contributed by atoms with E-state index in [1.165, 1.54) is 11.9 Å². The van der Waals surface area contributed by atoms with E-state index in [0.29, 0.717) is 41.2 Å². The van der Waals surface area contributed by atoms with Gasteiger partial charge in [-0.2, -0.15) is 4.83 Å². The Balaban J connectivity index is 1.52. The van der Waals surface area contributed by atoms with Gasteiger partial charge in [0.2, 0.25) is 0 Å². The van der Waals surface area contributed by atoms with Gasteiger partial charge in [0.15, 0.2) is 5.84 Å². The third kappa shape index (κ3) is 7.80. The Morgan fingerprint density at radius 3 is 2.59 bits per heavy atom. The zero-order valence-electron chi connectivity index (χ0n) is 21.4. The number of carbonyl (C=O) groups excluding carboxylic acids is 1. The van der Waals surface area contributed by atoms with Crippen molar-refractivity contribution >= 4 is 47.0 Å². The lowest BCUT2D eigenvalue weighted by Gasteiger charge is -2.35. The number of carbonyl (C=O) groups is 1. The first-order chi connectivity index (χ1) is 18.9. The van der Waals surface area contributed by atoms with Gasteiger partial charge in [-0.05, 0) is 85.1 Å². The molecule has 206 valence electrons. The molecular weight excluding hydrogens is 555 g/mol. The number of hydrogen-bond acceptors (Lipinski definition) is 6. The molecule has 0 aromatic heterocycles. The predicted molar refractivity (Wildman–Crippen MR) is 159 cm³/mol. The molecule has 0 unspecified atom stereocenters. The van der Waals surface area contributed by atoms with Gasteiger partial charge in [-0.3, -0.25) is 0 Å². The Morgan fingerprint density at radius 1 is 1.10 bits per heavy atom. The van der Waals surface area contributed by atoms with Crippen LogP contribution < -0.4 is 16.3 Å². The monoisotopic (exact) mass is 586 g/mol. The predicted octanol–water partition coefficient (Wildman–Crippen LogP) is 5.95. The molecule has 1 saturated heterocycles. The van der Waals surface area contributed by atoms with Gasteiger partial charge < -0.3 is 21.6 Å². The molecule has 11 heteroatoms. The quantitative estimate of drug-likeness (QED) is 0.0808. The maximum absolute atomic E-state index is 13.7. The van der Waals surface area contributed by atoms with Gasteiger partial charge in [-0.1, -0.05) is 64.8 Å². The highest BCUT2D eigenvalue weighted by Gasteiger charge is 2.26. The molecule has 0 saturated carbocycles. The second kappa shape index (κ2) is 13.9. The first kappa shape index (κ1) is 29.0. The maximum atomic E-state index is 13.7. The molecule has 8 nitrogen and oxygen atoms in total. The minimum atomic E-state index is -0.111. The SMILES string of the molecule is NCCC1CCN(C(=O)N(Cc2cccc(C(N)=NO)c2)NSc2cccc(-c3ccc(Cl)cc3Cl)c2)CC1. The van der Waals surface area contributed by atoms with E-state index in [1.54, 1.807) is 29.3 Å². The van der Waals surface area contributed by atoms with Crippen LogP contribution in [0.2, 0.25) is 10.0 Å². The minimum absolute atomic E-state index is 0.0108. The van der Waals surface area contributed by atoms with Crippen LogP contribution in [-0.4, -0.2) is 46.6 Å². The van der Waals surface area contributed by atoms with Gasteiger partial charge >= 0.3 is 6.03 Å². The zero-order valence-corrected chi connectivity index (χ0v) is 23.7. The van der Waals surface area contributed by atoms with Crippen molar-refractivity contribution in [1.82, 2.24) is 14.7 Å². The van der Waals surface area contributed by atoms with Gasteiger partial charge in [-0.25, -0.2) is 9.80 Å². The molecule has 0 bridgehead atoms. The average Bonchev–Trinajstić information content (AvgIpc) is 2.95. The lowest BCUT2D eigenvalue weighted by Crippen LogP contribution is -2.50. The highest BCUT2D eigenvalue weighted by atomic mass is 35.5. The van der Waals surface area contributed by atoms with Gasteiger partial charge in [0.25, 0.3) is 0 Å². The van der Waals surface area contributed by atoms with Crippen LogP contribution in [0.3, 0.4) is 0 Å². The molecule has 6 N–H and O–H groups in total. The van der Waals surface area contributed by atoms with E-state index in [-0.39, 0.29) is 18.4 Å². The van der Waals surface area contributed by atoms with Crippen molar-refractivity contribution in [3.63, 3.8) is 0 Å². The molecule has 3 aromatic rings. The van der Waals surface area contributed by atoms with E-state index in [1.807, 2.05) is 47.4 Å². The normalized spacial score (nSPS) is 14.4. The number of benzene rings is 3. The summed E-state index contributed by atoms with van der Waals surface area (Å²) in [5.41, 5.74) is 14.8. The summed E-state index contributed by atoms with van der Waals surface area (Å²) in [5.74, 6) is 0.561. The van der Waals surface area contributed by atoms with Crippen LogP contribution >= 0.6 is 35.1 Å². The standard InChI is InChI=1S/C28H32Cl2N6O2S/c29-23-7-8-25(26(30)17-23)21-4-2-6-24(16-21)39-34-36(18-20-3-1-5-22(15-20)27(32)33-38)28(37)35-13-10-19(9-12-31)11-14-35/h1-8,15-17,19,34,38H,9-14,18,31H2,(H2,32,33). The van der Waals surface area contributed by atoms with E-state index in [4.69, 9.17) is 39.9 Å². The van der Waals surface area contributed by atoms with Crippen molar-refractivity contribution in [2.45, 2.75) is 30.7 Å². The summed E-state index contributed by atoms with van der Waals surface area (Å²) in [6.45, 7) is 2.31. The molecule has 1 aliphatic rings. The number of nitrogens with one attached hydrogen (secondary N) is 1. The Morgan fingerprint density at radius 2 is 1.87 bits per heavy atom. The Bertz CT molecular complexity index is 1320. The van der Waals surface area contributed by atoms with Gasteiger partial charge in [0, 0.05) is 39.2 Å². The summed E-state index contributed by atoms with van der Waals surface area (Å²) in [6, 6.07) is 20.5. The van der Waals surface area contributed by atoms with Crippen molar-refractivity contribution < 1.29 is 10.0 Å². The third-order valence-electron chi connectivity index (χ3n) is 6.71. The largest absolute Gasteiger partial charge is 0.409 e. The fraction of sp³-hybridized carbons (Fsp3) is 0.286. The summed E-state index contributed by atoms with van der Waals surface area (Å²) in [6.07, 6.45) is 2.86. The Hall–Kier alpha value is -2.95. The van der Waals surface area contributed by atoms with Gasteiger partial charge in [-0.15, -0.1) is 0 Å². The lowest BCUT2D eigenvalue weighted by molar-refractivity contribution is 0.123. The summed E-state index contributed by atoms with van der Waals surface area (Å²) in [4.78, 5) is 19.7. The van der Waals surface area contributed by atoms with Crippen LogP contribution in [0.1, 0.15) is 30.4 Å². The third-order valence-corrected chi connectivity index (χ3v) is 8.06. The van der Waals surface area contributed by atoms with Crippen LogP contribution in [0, 0.1) is 5.92 Å². The van der Waals surface area contributed by atoms with Crippen LogP contribution in [0.15, 0.2) is 76.8 Å². The number of urea groups is 1. The van der Waals surface area contributed by atoms with Crippen molar-refractivity contribution in [1.29, 1.82) is 0 Å². The number of amides is 2. The first-order valence-electron chi connectivity index (χ1n) is 12.7. The van der Waals surface area contributed by atoms with Crippen LogP contribution in [0.5, 0.6) is 0 Å². The summed E-state index contributed by atoms with van der Waals surface area (Å²) in [7, 11) is 0. The highest BCUT2D eigenvalue weighted by Crippen LogP contribution is 2.32. The maximum Gasteiger partial charge on any atom is 0.335 e. The van der Waals surface area contributed by atoms with Crippen molar-refractivity contribution in [3.8, 4) is 11.1 Å². The zero-order chi connectivity index (χ0) is 27.8. The molecule has 1 heterocycles. The molecule has 0 spiro atoms. The molecule has 39 heavy (non-hydrogen) atoms. The second-order valence-electron chi connectivity index (χ2n) is 9.41. The van der Waals surface area contributed by atoms with E-state index in [9.17, 15) is 4.79 Å². The van der Waals surface area contributed by atoms with E-state index < -0.39 is 0 Å². The number of nitrogens with zero attached hydrogens (tertiary/aromatic N) is 3. The number of piperidine rings is 1. The van der Waals surface area contributed by atoms with Crippen molar-refractivity contribution in [2.24, 2.45) is 22.5 Å². The topological polar surface area (TPSA) is 120 Å². The fourth-order valence-electron chi connectivity index (χ4n) is 4.59. The van der Waals surface area contributed by atoms with Crippen LogP contribution in [-0.2, 0) is 6.54 Å². The summed E-state index contributed by atoms with van der Waals surface area (Å²) in [5, 5.41) is 14.9. The van der Waals surface area contributed by atoms with E-state index >= 15 is 0 Å². The minimum Gasteiger partial charge on any atom is -0.409 e. The number of hydrogen-bond donors (Lipinski definition) is 4. The number of likely N-dealkylation sites (tertiary alicyclic amines) is 1. The van der Waals surface area contributed by atoms with E-state index in [0.717, 1.165) is 40.8 Å². The molecule has 3 aromatic carbocycles. The van der Waals surface area contributed by atoms with Gasteiger partial charge in [0.1, 0.15) is 0 Å². The average molecular weight is 588 g/mol. The number of hydrazine groups is 1. The molecule has 1 fully saturated rings. The number of rotatable bonds is 9. The lowest BCUT2D eigenvalue weighted by atomic mass is 9.94. The number of halogens is 2. The molecule has 1 aliphatic heterocycles. The highest BCUT2D eigenvalue weighted by molar-refractivity contribution is 7.97. The molecule has 0 radical (unpaired) electrons. The van der Waals surface area contributed by atoms with Crippen molar-refractivity contribution in [3.05, 3.63) is 87.9 Å². The van der Waals surface area contributed by atoms with Crippen molar-refractivity contribution in [2.75, 3.05) is 19.6 Å². The van der Waals surface area contributed by atoms with Crippen LogP contribution in [0.4, 0.5) is 4.79 Å². The number of amidine groups is 1. The summed E-state index contributed by atoms with van der Waals surface area (Å²) >= 11 is 13.8. The smallest absolute Gasteiger partial charge is 0.335 e. The molecular formula is C28H32Cl2N6O2S. The molecule has 4 rings (SSSR count). The number of oxime groups is 1. The molecule has 0 aliphatic carbocycles. The molecule has 2 amide bonds. The second-order valence-corrected chi connectivity index (χ2v) is 11.1. The Kier molecular flexibility index (Phi) is 10.4. The van der Waals surface area contributed by atoms with E-state index in [2.05, 4.69) is 9.99 Å². The van der Waals surface area contributed by atoms with Gasteiger partial charge in [0.05, 0.1) is 6.54 Å². The molecule has 0 atom stereocenters. The summed E-state index contributed by atoms with van der Waals surface area (Å²) < 4.78 is 0. The fourth-order valence-corrected chi connectivity index (χ4v) is 5.79. The number of nitrogens with two attached hydrogens (primary N) is 2. The Labute approximate surface area is 243 Å². The first-order valence-corrected chi connectivity index (χ1v) is 14.3. The van der Waals surface area contributed by atoms with Crippen LogP contribution in [0.25, 0.3) is 11.1 Å².